The van der Waals surface area contributed by atoms with E-state index in [4.69, 9.17) is 0 Å². The van der Waals surface area contributed by atoms with Crippen LogP contribution in [0.1, 0.15) is 40.0 Å². The Labute approximate surface area is 119 Å². The summed E-state index contributed by atoms with van der Waals surface area (Å²) in [5, 5.41) is 3.86. The molecule has 1 saturated heterocycles. The zero-order chi connectivity index (χ0) is 14.0. The Hall–Kier alpha value is -0.120. The molecule has 3 atom stereocenters. The van der Waals surface area contributed by atoms with Gasteiger partial charge in [0.15, 0.2) is 0 Å². The number of hydrogen-bond acceptors (Lipinski definition) is 3. The van der Waals surface area contributed by atoms with Crippen molar-refractivity contribution in [2.45, 2.75) is 52.1 Å². The van der Waals surface area contributed by atoms with Gasteiger partial charge in [0.1, 0.15) is 0 Å². The van der Waals surface area contributed by atoms with Crippen LogP contribution in [0.15, 0.2) is 0 Å². The predicted octanol–water partition coefficient (Wildman–Crippen LogP) is 2.04. The fourth-order valence-corrected chi connectivity index (χ4v) is 4.13. The van der Waals surface area contributed by atoms with Gasteiger partial charge in [-0.2, -0.15) is 0 Å². The lowest BCUT2D eigenvalue weighted by Gasteiger charge is -2.42. The Bertz CT molecular complexity index is 290. The van der Waals surface area contributed by atoms with Gasteiger partial charge in [0.05, 0.1) is 0 Å². The van der Waals surface area contributed by atoms with Gasteiger partial charge in [-0.25, -0.2) is 0 Å². The third kappa shape index (κ3) is 4.44. The first-order chi connectivity index (χ1) is 8.85. The minimum Gasteiger partial charge on any atom is -0.312 e. The van der Waals surface area contributed by atoms with Crippen LogP contribution in [0.5, 0.6) is 0 Å². The average molecular weight is 267 g/mol. The van der Waals surface area contributed by atoms with Gasteiger partial charge in [-0.3, -0.25) is 4.90 Å². The minimum atomic E-state index is 0.518. The van der Waals surface area contributed by atoms with Crippen LogP contribution in [0.3, 0.4) is 0 Å². The third-order valence-electron chi connectivity index (χ3n) is 5.01. The Morgan fingerprint density at radius 2 is 1.89 bits per heavy atom. The summed E-state index contributed by atoms with van der Waals surface area (Å²) in [4.78, 5) is 4.98. The lowest BCUT2D eigenvalue weighted by molar-refractivity contribution is 0.0995. The summed E-state index contributed by atoms with van der Waals surface area (Å²) in [6, 6.07) is 1.40. The molecule has 2 rings (SSSR count). The van der Waals surface area contributed by atoms with Crippen LogP contribution in [0.25, 0.3) is 0 Å². The summed E-state index contributed by atoms with van der Waals surface area (Å²) in [6.07, 6.45) is 4.08. The molecule has 0 aromatic carbocycles. The maximum absolute atomic E-state index is 3.86. The molecule has 0 radical (unpaired) electrons. The van der Waals surface area contributed by atoms with Crippen molar-refractivity contribution in [1.29, 1.82) is 0 Å². The van der Waals surface area contributed by atoms with Gasteiger partial charge >= 0.3 is 0 Å². The maximum Gasteiger partial charge on any atom is 0.0345 e. The fraction of sp³-hybridized carbons (Fsp3) is 1.00. The van der Waals surface area contributed by atoms with Gasteiger partial charge in [-0.05, 0) is 44.7 Å². The Kier molecular flexibility index (Phi) is 4.91. The average Bonchev–Trinajstić information content (AvgIpc) is 2.28. The van der Waals surface area contributed by atoms with Crippen LogP contribution in [0.4, 0.5) is 0 Å². The van der Waals surface area contributed by atoms with Crippen molar-refractivity contribution in [2.75, 3.05) is 40.3 Å². The highest BCUT2D eigenvalue weighted by Gasteiger charge is 2.32. The van der Waals surface area contributed by atoms with Crippen molar-refractivity contribution in [3.8, 4) is 0 Å². The lowest BCUT2D eigenvalue weighted by atomic mass is 9.70. The van der Waals surface area contributed by atoms with Gasteiger partial charge in [0.2, 0.25) is 0 Å². The third-order valence-corrected chi connectivity index (χ3v) is 5.01. The standard InChI is InChI=1S/C16H33N3/c1-13-8-14(10-16(2,3)9-13)17-11-15-12-18(4)6-7-19(15)5/h13-15,17H,6-12H2,1-5H3. The first-order valence-corrected chi connectivity index (χ1v) is 7.98. The molecule has 1 N–H and O–H groups in total. The number of hydrogen-bond donors (Lipinski definition) is 1. The molecule has 112 valence electrons. The van der Waals surface area contributed by atoms with Crippen LogP contribution in [0, 0.1) is 11.3 Å². The minimum absolute atomic E-state index is 0.518. The van der Waals surface area contributed by atoms with E-state index < -0.39 is 0 Å². The number of likely N-dealkylation sites (N-methyl/N-ethyl adjacent to an activating group) is 2. The molecule has 1 aliphatic carbocycles. The van der Waals surface area contributed by atoms with Crippen LogP contribution in [-0.4, -0.2) is 62.2 Å². The molecule has 1 aliphatic heterocycles. The molecule has 3 unspecified atom stereocenters. The van der Waals surface area contributed by atoms with E-state index in [2.05, 4.69) is 50.0 Å². The fourth-order valence-electron chi connectivity index (χ4n) is 4.13. The zero-order valence-corrected chi connectivity index (χ0v) is 13.6. The van der Waals surface area contributed by atoms with Crippen molar-refractivity contribution in [3.05, 3.63) is 0 Å². The van der Waals surface area contributed by atoms with E-state index in [1.807, 2.05) is 0 Å². The molecule has 0 spiro atoms. The first kappa shape index (κ1) is 15.3. The van der Waals surface area contributed by atoms with Crippen molar-refractivity contribution < 1.29 is 0 Å². The van der Waals surface area contributed by atoms with Crippen LogP contribution in [0.2, 0.25) is 0 Å². The second-order valence-corrected chi connectivity index (χ2v) is 7.92. The maximum atomic E-state index is 3.86. The summed E-state index contributed by atoms with van der Waals surface area (Å²) in [5.74, 6) is 0.869. The van der Waals surface area contributed by atoms with Crippen molar-refractivity contribution in [3.63, 3.8) is 0 Å². The van der Waals surface area contributed by atoms with Gasteiger partial charge in [0, 0.05) is 38.3 Å². The summed E-state index contributed by atoms with van der Waals surface area (Å²) < 4.78 is 0. The van der Waals surface area contributed by atoms with Crippen molar-refractivity contribution in [1.82, 2.24) is 15.1 Å². The summed E-state index contributed by atoms with van der Waals surface area (Å²) >= 11 is 0. The molecule has 0 aromatic heterocycles. The van der Waals surface area contributed by atoms with E-state index in [0.717, 1.165) is 18.5 Å². The number of piperazine rings is 1. The molecule has 0 amide bonds. The summed E-state index contributed by atoms with van der Waals surface area (Å²) in [5.41, 5.74) is 0.518. The van der Waals surface area contributed by atoms with E-state index in [1.165, 1.54) is 38.9 Å². The Morgan fingerprint density at radius 3 is 2.58 bits per heavy atom. The monoisotopic (exact) mass is 267 g/mol. The largest absolute Gasteiger partial charge is 0.312 e. The molecule has 3 heteroatoms. The molecular weight excluding hydrogens is 234 g/mol. The number of nitrogens with one attached hydrogen (secondary N) is 1. The smallest absolute Gasteiger partial charge is 0.0345 e. The SMILES string of the molecule is CC1CC(NCC2CN(C)CCN2C)CC(C)(C)C1. The zero-order valence-electron chi connectivity index (χ0n) is 13.6. The molecule has 19 heavy (non-hydrogen) atoms. The van der Waals surface area contributed by atoms with E-state index in [0.29, 0.717) is 11.5 Å². The predicted molar refractivity (Wildman–Crippen MR) is 82.5 cm³/mol. The van der Waals surface area contributed by atoms with E-state index in [1.54, 1.807) is 0 Å². The van der Waals surface area contributed by atoms with Gasteiger partial charge in [-0.15, -0.1) is 0 Å². The second-order valence-electron chi connectivity index (χ2n) is 7.92. The molecule has 0 aromatic rings. The van der Waals surface area contributed by atoms with E-state index in [9.17, 15) is 0 Å². The molecular formula is C16H33N3. The van der Waals surface area contributed by atoms with Gasteiger partial charge in [0.25, 0.3) is 0 Å². The lowest BCUT2D eigenvalue weighted by Crippen LogP contribution is -2.55. The molecule has 0 bridgehead atoms. The Morgan fingerprint density at radius 1 is 1.16 bits per heavy atom. The van der Waals surface area contributed by atoms with Crippen LogP contribution < -0.4 is 5.32 Å². The quantitative estimate of drug-likeness (QED) is 0.844. The molecule has 3 nitrogen and oxygen atoms in total. The number of rotatable bonds is 3. The molecule has 1 saturated carbocycles. The number of nitrogens with zero attached hydrogens (tertiary/aromatic N) is 2. The van der Waals surface area contributed by atoms with E-state index >= 15 is 0 Å². The van der Waals surface area contributed by atoms with Crippen LogP contribution >= 0.6 is 0 Å². The van der Waals surface area contributed by atoms with E-state index in [-0.39, 0.29) is 0 Å². The Balaban J connectivity index is 1.81. The first-order valence-electron chi connectivity index (χ1n) is 7.98. The highest BCUT2D eigenvalue weighted by molar-refractivity contribution is 4.88. The topological polar surface area (TPSA) is 18.5 Å². The highest BCUT2D eigenvalue weighted by atomic mass is 15.3. The summed E-state index contributed by atoms with van der Waals surface area (Å²) in [6.45, 7) is 12.0. The molecule has 2 aliphatic rings. The van der Waals surface area contributed by atoms with Gasteiger partial charge in [-0.1, -0.05) is 20.8 Å². The van der Waals surface area contributed by atoms with Crippen molar-refractivity contribution in [2.24, 2.45) is 11.3 Å². The summed E-state index contributed by atoms with van der Waals surface area (Å²) in [7, 11) is 4.51. The van der Waals surface area contributed by atoms with Gasteiger partial charge < -0.3 is 10.2 Å². The normalized spacial score (nSPS) is 37.4. The molecule has 1 heterocycles. The molecule has 2 fully saturated rings. The highest BCUT2D eigenvalue weighted by Crippen LogP contribution is 2.38. The van der Waals surface area contributed by atoms with Crippen LogP contribution in [-0.2, 0) is 0 Å². The second kappa shape index (κ2) is 6.11. The van der Waals surface area contributed by atoms with Crippen molar-refractivity contribution >= 4 is 0 Å².